The van der Waals surface area contributed by atoms with Crippen LogP contribution in [0.1, 0.15) is 194 Å². The molecule has 0 fully saturated rings. The molecule has 2 N–H and O–H groups in total. The fourth-order valence-corrected chi connectivity index (χ4v) is 8.88. The van der Waals surface area contributed by atoms with E-state index in [1.807, 2.05) is 18.2 Å². The second-order valence-corrected chi connectivity index (χ2v) is 19.0. The average molecular weight is 875 g/mol. The number of amides is 1. The number of aromatic nitrogens is 1. The molecule has 1 amide bonds. The molecule has 1 unspecified atom stereocenters. The third kappa shape index (κ3) is 36.2. The zero-order chi connectivity index (χ0) is 42.2. The SMILES string of the molecule is CCCCCCCCCCCCCCCC(=O)OC[C@H](COP(=O)(O)OCCNC(=O)CSSc1ccccn1)OC(=O)CCCCCCCCCCCCCCC. The van der Waals surface area contributed by atoms with Crippen LogP contribution in [0.5, 0.6) is 0 Å². The summed E-state index contributed by atoms with van der Waals surface area (Å²) in [5.74, 6) is -0.975. The van der Waals surface area contributed by atoms with Crippen molar-refractivity contribution in [2.24, 2.45) is 0 Å². The summed E-state index contributed by atoms with van der Waals surface area (Å²) in [6, 6.07) is 5.53. The molecule has 0 saturated carbocycles. The third-order valence-electron chi connectivity index (χ3n) is 9.77. The van der Waals surface area contributed by atoms with E-state index in [-0.39, 0.29) is 44.3 Å². The van der Waals surface area contributed by atoms with Gasteiger partial charge in [-0.3, -0.25) is 23.4 Å². The van der Waals surface area contributed by atoms with Crippen LogP contribution < -0.4 is 5.32 Å². The van der Waals surface area contributed by atoms with Crippen LogP contribution in [0, 0.1) is 0 Å². The number of rotatable bonds is 42. The van der Waals surface area contributed by atoms with E-state index in [1.54, 1.807) is 6.20 Å². The highest BCUT2D eigenvalue weighted by atomic mass is 33.1. The number of nitrogens with one attached hydrogen (secondary N) is 1. The number of esters is 2. The predicted molar refractivity (Wildman–Crippen MR) is 239 cm³/mol. The number of carbonyl (C=O) groups is 3. The van der Waals surface area contributed by atoms with Gasteiger partial charge in [0.05, 0.1) is 19.0 Å². The van der Waals surface area contributed by atoms with Gasteiger partial charge in [-0.1, -0.05) is 185 Å². The molecule has 0 aromatic carbocycles. The minimum atomic E-state index is -4.55. The third-order valence-corrected chi connectivity index (χ3v) is 12.9. The first-order valence-electron chi connectivity index (χ1n) is 22.7. The van der Waals surface area contributed by atoms with Gasteiger partial charge in [0.1, 0.15) is 11.6 Å². The molecule has 1 heterocycles. The van der Waals surface area contributed by atoms with E-state index in [2.05, 4.69) is 24.1 Å². The Kier molecular flexibility index (Phi) is 37.0. The smallest absolute Gasteiger partial charge is 0.462 e. The Morgan fingerprint density at radius 2 is 1.16 bits per heavy atom. The molecule has 0 radical (unpaired) electrons. The quantitative estimate of drug-likeness (QED) is 0.0278. The molecule has 0 aliphatic rings. The number of phosphoric acid groups is 1. The van der Waals surface area contributed by atoms with Crippen molar-refractivity contribution in [2.75, 3.05) is 32.1 Å². The van der Waals surface area contributed by atoms with Gasteiger partial charge in [0, 0.05) is 25.6 Å². The van der Waals surface area contributed by atoms with Gasteiger partial charge >= 0.3 is 19.8 Å². The van der Waals surface area contributed by atoms with Crippen molar-refractivity contribution in [3.05, 3.63) is 24.4 Å². The topological polar surface area (TPSA) is 150 Å². The summed E-state index contributed by atoms with van der Waals surface area (Å²) < 4.78 is 33.8. The Bertz CT molecular complexity index is 1180. The van der Waals surface area contributed by atoms with Gasteiger partial charge in [-0.25, -0.2) is 9.55 Å². The molecule has 2 atom stereocenters. The Morgan fingerprint density at radius 1 is 0.672 bits per heavy atom. The highest BCUT2D eigenvalue weighted by Crippen LogP contribution is 2.43. The molecule has 14 heteroatoms. The first-order chi connectivity index (χ1) is 28.3. The molecule has 0 spiro atoms. The second-order valence-electron chi connectivity index (χ2n) is 15.2. The summed E-state index contributed by atoms with van der Waals surface area (Å²) in [5, 5.41) is 3.42. The Balaban J connectivity index is 2.37. The maximum absolute atomic E-state index is 12.7. The molecule has 1 aromatic heterocycles. The van der Waals surface area contributed by atoms with Crippen LogP contribution in [0.2, 0.25) is 0 Å². The van der Waals surface area contributed by atoms with Crippen molar-refractivity contribution in [2.45, 2.75) is 205 Å². The minimum absolute atomic E-state index is 0.00406. The zero-order valence-electron chi connectivity index (χ0n) is 36.1. The van der Waals surface area contributed by atoms with Crippen molar-refractivity contribution in [3.63, 3.8) is 0 Å². The van der Waals surface area contributed by atoms with Gasteiger partial charge in [0.15, 0.2) is 6.10 Å². The van der Waals surface area contributed by atoms with Crippen LogP contribution in [-0.2, 0) is 37.5 Å². The monoisotopic (exact) mass is 874 g/mol. The zero-order valence-corrected chi connectivity index (χ0v) is 38.7. The van der Waals surface area contributed by atoms with Gasteiger partial charge in [0.25, 0.3) is 0 Å². The Morgan fingerprint density at radius 3 is 1.64 bits per heavy atom. The largest absolute Gasteiger partial charge is 0.472 e. The van der Waals surface area contributed by atoms with Gasteiger partial charge in [0.2, 0.25) is 5.91 Å². The Hall–Kier alpha value is -1.63. The number of carbonyl (C=O) groups excluding carboxylic acids is 3. The van der Waals surface area contributed by atoms with E-state index in [0.29, 0.717) is 12.8 Å². The summed E-state index contributed by atoms with van der Waals surface area (Å²) in [5.41, 5.74) is 0. The van der Waals surface area contributed by atoms with E-state index in [9.17, 15) is 23.8 Å². The fourth-order valence-electron chi connectivity index (χ4n) is 6.35. The predicted octanol–water partition coefficient (Wildman–Crippen LogP) is 12.5. The first kappa shape index (κ1) is 54.4. The van der Waals surface area contributed by atoms with Gasteiger partial charge in [-0.2, -0.15) is 0 Å². The lowest BCUT2D eigenvalue weighted by Gasteiger charge is -2.20. The van der Waals surface area contributed by atoms with Crippen molar-refractivity contribution in [1.82, 2.24) is 10.3 Å². The molecule has 11 nitrogen and oxygen atoms in total. The number of unbranched alkanes of at least 4 members (excludes halogenated alkanes) is 24. The van der Waals surface area contributed by atoms with Crippen molar-refractivity contribution < 1.29 is 42.4 Å². The summed E-state index contributed by atoms with van der Waals surface area (Å²) >= 11 is 0. The summed E-state index contributed by atoms with van der Waals surface area (Å²) in [6.07, 6.45) is 32.3. The maximum atomic E-state index is 12.7. The minimum Gasteiger partial charge on any atom is -0.462 e. The summed E-state index contributed by atoms with van der Waals surface area (Å²) in [7, 11) is -1.86. The highest BCUT2D eigenvalue weighted by molar-refractivity contribution is 8.76. The van der Waals surface area contributed by atoms with Crippen LogP contribution >= 0.6 is 29.4 Å². The molecular weight excluding hydrogens is 796 g/mol. The lowest BCUT2D eigenvalue weighted by atomic mass is 10.0. The first-order valence-corrected chi connectivity index (χ1v) is 26.5. The molecule has 0 aliphatic carbocycles. The number of ether oxygens (including phenoxy) is 2. The normalized spacial score (nSPS) is 12.9. The standard InChI is InChI=1S/C44H79N2O9PS2/c1-3-5-7-9-11-13-15-17-19-21-23-25-27-32-43(48)52-37-40(55-44(49)33-28-26-24-22-20-18-16-14-12-10-8-6-4-2)38-54-56(50,51)53-36-35-45-41(47)39-57-58-42-31-29-30-34-46-42/h29-31,34,40H,3-28,32-33,35-39H2,1-2H3,(H,45,47)(H,50,51)/t40-/m1/s1. The number of hydrogen-bond donors (Lipinski definition) is 2. The number of nitrogens with zero attached hydrogens (tertiary/aromatic N) is 1. The fraction of sp³-hybridized carbons (Fsp3) is 0.818. The molecule has 1 aromatic rings. The Labute approximate surface area is 359 Å². The highest BCUT2D eigenvalue weighted by Gasteiger charge is 2.26. The molecule has 0 saturated heterocycles. The number of phosphoric ester groups is 1. The van der Waals surface area contributed by atoms with E-state index in [0.717, 1.165) is 37.1 Å². The molecule has 0 aliphatic heterocycles. The van der Waals surface area contributed by atoms with Gasteiger partial charge in [-0.15, -0.1) is 0 Å². The van der Waals surface area contributed by atoms with E-state index in [4.69, 9.17) is 18.5 Å². The number of pyridine rings is 1. The number of hydrogen-bond acceptors (Lipinski definition) is 11. The van der Waals surface area contributed by atoms with Crippen LogP contribution in [-0.4, -0.2) is 65.9 Å². The maximum Gasteiger partial charge on any atom is 0.472 e. The molecule has 0 bridgehead atoms. The average Bonchev–Trinajstić information content (AvgIpc) is 3.21. The lowest BCUT2D eigenvalue weighted by Crippen LogP contribution is -2.30. The molecular formula is C44H79N2O9PS2. The lowest BCUT2D eigenvalue weighted by molar-refractivity contribution is -0.161. The van der Waals surface area contributed by atoms with E-state index in [1.165, 1.54) is 144 Å². The summed E-state index contributed by atoms with van der Waals surface area (Å²) in [6.45, 7) is 3.44. The summed E-state index contributed by atoms with van der Waals surface area (Å²) in [4.78, 5) is 51.9. The van der Waals surface area contributed by atoms with Crippen molar-refractivity contribution >= 4 is 47.3 Å². The van der Waals surface area contributed by atoms with Gasteiger partial charge in [-0.05, 0) is 35.8 Å². The van der Waals surface area contributed by atoms with Gasteiger partial charge < -0.3 is 19.7 Å². The van der Waals surface area contributed by atoms with Crippen LogP contribution in [0.3, 0.4) is 0 Å². The van der Waals surface area contributed by atoms with Crippen LogP contribution in [0.15, 0.2) is 29.4 Å². The van der Waals surface area contributed by atoms with Crippen molar-refractivity contribution in [3.8, 4) is 0 Å². The van der Waals surface area contributed by atoms with E-state index >= 15 is 0 Å². The molecule has 336 valence electrons. The second kappa shape index (κ2) is 39.5. The molecule has 58 heavy (non-hydrogen) atoms. The van der Waals surface area contributed by atoms with Crippen LogP contribution in [0.25, 0.3) is 0 Å². The molecule has 1 rings (SSSR count). The van der Waals surface area contributed by atoms with E-state index < -0.39 is 32.5 Å². The van der Waals surface area contributed by atoms with Crippen molar-refractivity contribution in [1.29, 1.82) is 0 Å². The van der Waals surface area contributed by atoms with Crippen LogP contribution in [0.4, 0.5) is 0 Å².